The highest BCUT2D eigenvalue weighted by Gasteiger charge is 2.15. The van der Waals surface area contributed by atoms with E-state index in [1.807, 2.05) is 6.92 Å². The fraction of sp³-hybridized carbons (Fsp3) is 0.615. The Labute approximate surface area is 112 Å². The van der Waals surface area contributed by atoms with Crippen molar-refractivity contribution in [2.45, 2.75) is 32.8 Å². The van der Waals surface area contributed by atoms with Gasteiger partial charge in [-0.1, -0.05) is 6.92 Å². The maximum atomic E-state index is 13.7. The van der Waals surface area contributed by atoms with Crippen molar-refractivity contribution in [1.29, 1.82) is 0 Å². The van der Waals surface area contributed by atoms with Crippen LogP contribution in [0.4, 0.5) is 20.4 Å². The molecule has 1 unspecified atom stereocenters. The molecule has 1 atom stereocenters. The molecular weight excluding hydrogens is 252 g/mol. The summed E-state index contributed by atoms with van der Waals surface area (Å²) in [4.78, 5) is 5.54. The van der Waals surface area contributed by atoms with Crippen LogP contribution in [-0.2, 0) is 0 Å². The van der Waals surface area contributed by atoms with Crippen LogP contribution in [-0.4, -0.2) is 36.3 Å². The molecule has 0 saturated carbocycles. The van der Waals surface area contributed by atoms with Crippen molar-refractivity contribution < 1.29 is 13.9 Å². The van der Waals surface area contributed by atoms with Crippen molar-refractivity contribution in [3.05, 3.63) is 17.7 Å². The molecule has 0 radical (unpaired) electrons. The van der Waals surface area contributed by atoms with E-state index in [1.165, 1.54) is 0 Å². The van der Waals surface area contributed by atoms with Crippen LogP contribution in [0.5, 0.6) is 0 Å². The average Bonchev–Trinajstić information content (AvgIpc) is 2.35. The summed E-state index contributed by atoms with van der Waals surface area (Å²) in [6, 6.07) is 0.833. The molecule has 0 aliphatic heterocycles. The Morgan fingerprint density at radius 3 is 2.68 bits per heavy atom. The van der Waals surface area contributed by atoms with Crippen LogP contribution in [0, 0.1) is 11.6 Å². The lowest BCUT2D eigenvalue weighted by Gasteiger charge is -2.20. The predicted molar refractivity (Wildman–Crippen MR) is 72.5 cm³/mol. The minimum Gasteiger partial charge on any atom is -0.393 e. The van der Waals surface area contributed by atoms with E-state index >= 15 is 0 Å². The number of aliphatic hydroxyl groups excluding tert-OH is 1. The van der Waals surface area contributed by atoms with Gasteiger partial charge in [-0.2, -0.15) is 0 Å². The molecule has 0 aromatic carbocycles. The first-order valence-electron chi connectivity index (χ1n) is 6.44. The summed E-state index contributed by atoms with van der Waals surface area (Å²) in [5.74, 6) is -1.26. The van der Waals surface area contributed by atoms with E-state index in [0.29, 0.717) is 19.5 Å². The summed E-state index contributed by atoms with van der Waals surface area (Å²) >= 11 is 0. The van der Waals surface area contributed by atoms with Gasteiger partial charge in [0.2, 0.25) is 0 Å². The van der Waals surface area contributed by atoms with Gasteiger partial charge in [0.25, 0.3) is 0 Å². The Balaban J connectivity index is 2.86. The van der Waals surface area contributed by atoms with Crippen molar-refractivity contribution in [1.82, 2.24) is 4.98 Å². The molecule has 1 aromatic rings. The molecule has 0 fully saturated rings. The topological polar surface area (TPSA) is 48.4 Å². The Morgan fingerprint density at radius 2 is 2.11 bits per heavy atom. The number of hydrogen-bond acceptors (Lipinski definition) is 4. The van der Waals surface area contributed by atoms with Crippen molar-refractivity contribution in [2.75, 3.05) is 30.4 Å². The van der Waals surface area contributed by atoms with Gasteiger partial charge in [-0.05, 0) is 19.8 Å². The van der Waals surface area contributed by atoms with Gasteiger partial charge in [0, 0.05) is 26.2 Å². The van der Waals surface area contributed by atoms with E-state index in [0.717, 1.165) is 12.5 Å². The van der Waals surface area contributed by atoms with Crippen molar-refractivity contribution in [2.24, 2.45) is 0 Å². The lowest BCUT2D eigenvalue weighted by molar-refractivity contribution is 0.186. The summed E-state index contributed by atoms with van der Waals surface area (Å²) < 4.78 is 27.2. The number of aliphatic hydroxyl groups is 1. The van der Waals surface area contributed by atoms with Crippen molar-refractivity contribution in [3.63, 3.8) is 0 Å². The first-order valence-corrected chi connectivity index (χ1v) is 6.44. The van der Waals surface area contributed by atoms with Gasteiger partial charge >= 0.3 is 0 Å². The molecule has 0 amide bonds. The molecular formula is C13H21F2N3O. The van der Waals surface area contributed by atoms with E-state index in [2.05, 4.69) is 10.3 Å². The van der Waals surface area contributed by atoms with E-state index in [1.54, 1.807) is 18.9 Å². The van der Waals surface area contributed by atoms with Gasteiger partial charge < -0.3 is 15.3 Å². The summed E-state index contributed by atoms with van der Waals surface area (Å²) in [6.45, 7) is 4.63. The van der Waals surface area contributed by atoms with Crippen LogP contribution in [0.3, 0.4) is 0 Å². The van der Waals surface area contributed by atoms with Gasteiger partial charge in [0.05, 0.1) is 6.10 Å². The number of nitrogens with zero attached hydrogens (tertiary/aromatic N) is 2. The maximum Gasteiger partial charge on any atom is 0.168 e. The van der Waals surface area contributed by atoms with Crippen LogP contribution >= 0.6 is 0 Å². The second-order valence-electron chi connectivity index (χ2n) is 4.61. The standard InChI is InChI=1S/C13H21F2N3O/c1-4-6-16-12-10(14)8-11(15)13(17-12)18(3)7-5-9(2)19/h8-9,19H,4-7H2,1-3H3,(H,16,17). The van der Waals surface area contributed by atoms with Crippen LogP contribution in [0.25, 0.3) is 0 Å². The van der Waals surface area contributed by atoms with Gasteiger partial charge in [-0.3, -0.25) is 0 Å². The normalized spacial score (nSPS) is 12.3. The van der Waals surface area contributed by atoms with Crippen molar-refractivity contribution in [3.8, 4) is 0 Å². The second kappa shape index (κ2) is 7.23. The zero-order chi connectivity index (χ0) is 14.4. The molecule has 0 bridgehead atoms. The number of rotatable bonds is 7. The molecule has 1 heterocycles. The molecule has 0 aliphatic carbocycles. The second-order valence-corrected chi connectivity index (χ2v) is 4.61. The molecule has 1 aromatic heterocycles. The Hall–Kier alpha value is -1.43. The zero-order valence-corrected chi connectivity index (χ0v) is 11.6. The Kier molecular flexibility index (Phi) is 5.95. The van der Waals surface area contributed by atoms with Crippen LogP contribution < -0.4 is 10.2 Å². The quantitative estimate of drug-likeness (QED) is 0.801. The molecule has 0 aliphatic rings. The van der Waals surface area contributed by atoms with Crippen LogP contribution in [0.1, 0.15) is 26.7 Å². The van der Waals surface area contributed by atoms with Crippen molar-refractivity contribution >= 4 is 11.6 Å². The molecule has 0 saturated heterocycles. The Bertz CT molecular complexity index is 413. The highest BCUT2D eigenvalue weighted by atomic mass is 19.1. The van der Waals surface area contributed by atoms with E-state index < -0.39 is 17.7 Å². The third kappa shape index (κ3) is 4.63. The van der Waals surface area contributed by atoms with E-state index in [-0.39, 0.29) is 11.6 Å². The van der Waals surface area contributed by atoms with Gasteiger partial charge in [0.1, 0.15) is 0 Å². The molecule has 108 valence electrons. The number of nitrogens with one attached hydrogen (secondary N) is 1. The Morgan fingerprint density at radius 1 is 1.42 bits per heavy atom. The van der Waals surface area contributed by atoms with Gasteiger partial charge in [-0.15, -0.1) is 0 Å². The summed E-state index contributed by atoms with van der Waals surface area (Å²) in [7, 11) is 1.66. The smallest absolute Gasteiger partial charge is 0.168 e. The first-order chi connectivity index (χ1) is 8.95. The number of pyridine rings is 1. The number of anilines is 2. The third-order valence-corrected chi connectivity index (χ3v) is 2.70. The maximum absolute atomic E-state index is 13.7. The summed E-state index contributed by atoms with van der Waals surface area (Å²) in [5.41, 5.74) is 0. The molecule has 2 N–H and O–H groups in total. The highest BCUT2D eigenvalue weighted by Crippen LogP contribution is 2.21. The number of halogens is 2. The molecule has 19 heavy (non-hydrogen) atoms. The molecule has 0 spiro atoms. The average molecular weight is 273 g/mol. The molecule has 6 heteroatoms. The largest absolute Gasteiger partial charge is 0.393 e. The van der Waals surface area contributed by atoms with Crippen LogP contribution in [0.2, 0.25) is 0 Å². The zero-order valence-electron chi connectivity index (χ0n) is 11.6. The lowest BCUT2D eigenvalue weighted by Crippen LogP contribution is -2.24. The summed E-state index contributed by atoms with van der Waals surface area (Å²) in [6.07, 6.45) is 0.849. The first kappa shape index (κ1) is 15.6. The van der Waals surface area contributed by atoms with E-state index in [4.69, 9.17) is 0 Å². The van der Waals surface area contributed by atoms with Gasteiger partial charge in [0.15, 0.2) is 23.3 Å². The monoisotopic (exact) mass is 273 g/mol. The van der Waals surface area contributed by atoms with Crippen LogP contribution in [0.15, 0.2) is 6.07 Å². The van der Waals surface area contributed by atoms with Gasteiger partial charge in [-0.25, -0.2) is 13.8 Å². The fourth-order valence-corrected chi connectivity index (χ4v) is 1.58. The fourth-order valence-electron chi connectivity index (χ4n) is 1.58. The van der Waals surface area contributed by atoms with E-state index in [9.17, 15) is 13.9 Å². The summed E-state index contributed by atoms with van der Waals surface area (Å²) in [5, 5.41) is 12.0. The third-order valence-electron chi connectivity index (χ3n) is 2.70. The minimum absolute atomic E-state index is 0.0575. The SMILES string of the molecule is CCCNc1nc(N(C)CCC(C)O)c(F)cc1F. The number of hydrogen-bond donors (Lipinski definition) is 2. The predicted octanol–water partition coefficient (Wildman–Crippen LogP) is 2.39. The molecule has 1 rings (SSSR count). The minimum atomic E-state index is -0.701. The highest BCUT2D eigenvalue weighted by molar-refractivity contribution is 5.48. The number of aromatic nitrogens is 1. The molecule has 4 nitrogen and oxygen atoms in total. The lowest BCUT2D eigenvalue weighted by atomic mass is 10.2.